The van der Waals surface area contributed by atoms with Gasteiger partial charge in [-0.15, -0.1) is 0 Å². The zero-order chi connectivity index (χ0) is 18.7. The fraction of sp³-hybridized carbons (Fsp3) is 0.438. The van der Waals surface area contributed by atoms with E-state index in [-0.39, 0.29) is 19.0 Å². The number of aliphatic hydroxyl groups is 2. The number of nitrogens with one attached hydrogen (secondary N) is 1. The lowest BCUT2D eigenvalue weighted by Gasteiger charge is -2.28. The first-order valence-electron chi connectivity index (χ1n) is 7.53. The molecule has 0 aromatic carbocycles. The van der Waals surface area contributed by atoms with Crippen molar-refractivity contribution in [3.63, 3.8) is 0 Å². The van der Waals surface area contributed by atoms with Crippen LogP contribution in [0.4, 0.5) is 13.2 Å². The lowest BCUT2D eigenvalue weighted by atomic mass is 10.00. The number of aromatic nitrogens is 3. The number of halogens is 3. The van der Waals surface area contributed by atoms with Gasteiger partial charge in [-0.1, -0.05) is 0 Å². The zero-order valence-electron chi connectivity index (χ0n) is 13.7. The predicted octanol–water partition coefficient (Wildman–Crippen LogP) is 1.78. The Labute approximate surface area is 142 Å². The molecule has 0 saturated carbocycles. The van der Waals surface area contributed by atoms with Gasteiger partial charge in [-0.3, -0.25) is 4.98 Å². The van der Waals surface area contributed by atoms with E-state index in [1.54, 1.807) is 19.9 Å². The Morgan fingerprint density at radius 1 is 1.16 bits per heavy atom. The highest BCUT2D eigenvalue weighted by Gasteiger charge is 2.32. The first-order chi connectivity index (χ1) is 11.6. The smallest absolute Gasteiger partial charge is 0.395 e. The van der Waals surface area contributed by atoms with Gasteiger partial charge in [0.05, 0.1) is 23.9 Å². The third-order valence-corrected chi connectivity index (χ3v) is 3.59. The van der Waals surface area contributed by atoms with Crippen LogP contribution in [-0.4, -0.2) is 43.4 Å². The van der Waals surface area contributed by atoms with Crippen molar-refractivity contribution in [1.82, 2.24) is 20.3 Å². The third kappa shape index (κ3) is 5.18. The van der Waals surface area contributed by atoms with E-state index in [2.05, 4.69) is 20.3 Å². The summed E-state index contributed by atoms with van der Waals surface area (Å²) >= 11 is 0. The van der Waals surface area contributed by atoms with Gasteiger partial charge < -0.3 is 15.5 Å². The molecule has 2 rings (SSSR count). The number of rotatable bonds is 6. The number of hydrogen-bond acceptors (Lipinski definition) is 6. The third-order valence-electron chi connectivity index (χ3n) is 3.59. The van der Waals surface area contributed by atoms with E-state index in [1.807, 2.05) is 0 Å². The highest BCUT2D eigenvalue weighted by Crippen LogP contribution is 2.28. The van der Waals surface area contributed by atoms with Crippen LogP contribution in [0.3, 0.4) is 0 Å². The Morgan fingerprint density at radius 3 is 2.40 bits per heavy atom. The molecule has 0 aliphatic carbocycles. The molecule has 3 N–H and O–H groups in total. The van der Waals surface area contributed by atoms with Crippen molar-refractivity contribution in [2.24, 2.45) is 0 Å². The van der Waals surface area contributed by atoms with Gasteiger partial charge in [0.25, 0.3) is 0 Å². The minimum absolute atomic E-state index is 0.240. The first kappa shape index (κ1) is 19.2. The van der Waals surface area contributed by atoms with E-state index in [0.717, 1.165) is 12.3 Å². The van der Waals surface area contributed by atoms with E-state index < -0.39 is 23.5 Å². The lowest BCUT2D eigenvalue weighted by molar-refractivity contribution is -0.141. The Morgan fingerprint density at radius 2 is 1.88 bits per heavy atom. The fourth-order valence-electron chi connectivity index (χ4n) is 2.09. The van der Waals surface area contributed by atoms with Crippen molar-refractivity contribution in [1.29, 1.82) is 0 Å². The highest BCUT2D eigenvalue weighted by atomic mass is 19.4. The normalized spacial score (nSPS) is 13.7. The van der Waals surface area contributed by atoms with Crippen molar-refractivity contribution >= 4 is 0 Å². The monoisotopic (exact) mass is 356 g/mol. The average molecular weight is 356 g/mol. The molecule has 2 aromatic heterocycles. The van der Waals surface area contributed by atoms with Crippen LogP contribution >= 0.6 is 0 Å². The summed E-state index contributed by atoms with van der Waals surface area (Å²) in [7, 11) is 0. The number of pyridine rings is 1. The molecule has 0 bridgehead atoms. The Balaban J connectivity index is 2.13. The second-order valence-corrected chi connectivity index (χ2v) is 6.07. The molecule has 0 spiro atoms. The predicted molar refractivity (Wildman–Crippen MR) is 84.3 cm³/mol. The standard InChI is InChI=1S/C16H19F3N4O2/c1-15(2,25)13(9-24)22-8-11-5-6-20-14(23-11)10-3-4-12(21-7-10)16(17,18)19/h3-7,13,22,24-25H,8-9H2,1-2H3/t13-/m0/s1. The molecule has 9 heteroatoms. The van der Waals surface area contributed by atoms with Gasteiger partial charge in [-0.25, -0.2) is 9.97 Å². The second kappa shape index (κ2) is 7.42. The van der Waals surface area contributed by atoms with Crippen LogP contribution < -0.4 is 5.32 Å². The second-order valence-electron chi connectivity index (χ2n) is 6.07. The molecule has 0 saturated heterocycles. The van der Waals surface area contributed by atoms with Crippen LogP contribution in [0.15, 0.2) is 30.6 Å². The summed E-state index contributed by atoms with van der Waals surface area (Å²) in [6.07, 6.45) is -1.95. The largest absolute Gasteiger partial charge is 0.433 e. The molecule has 1 atom stereocenters. The van der Waals surface area contributed by atoms with Gasteiger partial charge in [-0.2, -0.15) is 13.2 Å². The summed E-state index contributed by atoms with van der Waals surface area (Å²) in [6.45, 7) is 3.13. The topological polar surface area (TPSA) is 91.2 Å². The van der Waals surface area contributed by atoms with Crippen LogP contribution in [0.5, 0.6) is 0 Å². The van der Waals surface area contributed by atoms with E-state index in [4.69, 9.17) is 0 Å². The summed E-state index contributed by atoms with van der Waals surface area (Å²) in [5.74, 6) is 0.240. The first-order valence-corrected chi connectivity index (χ1v) is 7.53. The molecular weight excluding hydrogens is 337 g/mol. The van der Waals surface area contributed by atoms with Crippen LogP contribution in [0, 0.1) is 0 Å². The van der Waals surface area contributed by atoms with Crippen molar-refractivity contribution in [2.45, 2.75) is 38.2 Å². The molecule has 0 amide bonds. The molecule has 0 aliphatic rings. The number of hydrogen-bond donors (Lipinski definition) is 3. The molecule has 2 aromatic rings. The maximum atomic E-state index is 12.5. The molecule has 25 heavy (non-hydrogen) atoms. The Hall–Kier alpha value is -2.10. The van der Waals surface area contributed by atoms with Gasteiger partial charge in [0.2, 0.25) is 0 Å². The summed E-state index contributed by atoms with van der Waals surface area (Å²) in [5.41, 5.74) is -1.18. The van der Waals surface area contributed by atoms with Gasteiger partial charge in [-0.05, 0) is 32.0 Å². The number of nitrogens with zero attached hydrogens (tertiary/aromatic N) is 3. The molecule has 0 unspecified atom stereocenters. The van der Waals surface area contributed by atoms with E-state index in [0.29, 0.717) is 11.3 Å². The fourth-order valence-corrected chi connectivity index (χ4v) is 2.09. The SMILES string of the molecule is CC(C)(O)[C@H](CO)NCc1ccnc(-c2ccc(C(F)(F)F)nc2)n1. The maximum Gasteiger partial charge on any atom is 0.433 e. The van der Waals surface area contributed by atoms with E-state index >= 15 is 0 Å². The van der Waals surface area contributed by atoms with E-state index in [1.165, 1.54) is 12.3 Å². The number of aliphatic hydroxyl groups excluding tert-OH is 1. The van der Waals surface area contributed by atoms with Crippen molar-refractivity contribution in [3.05, 3.63) is 42.0 Å². The Bertz CT molecular complexity index is 700. The minimum Gasteiger partial charge on any atom is -0.395 e. The lowest BCUT2D eigenvalue weighted by Crippen LogP contribution is -2.48. The quantitative estimate of drug-likeness (QED) is 0.731. The van der Waals surface area contributed by atoms with Crippen LogP contribution in [0.25, 0.3) is 11.4 Å². The summed E-state index contributed by atoms with van der Waals surface area (Å²) in [4.78, 5) is 11.7. The maximum absolute atomic E-state index is 12.5. The van der Waals surface area contributed by atoms with Gasteiger partial charge in [0, 0.05) is 24.5 Å². The molecule has 2 heterocycles. The van der Waals surface area contributed by atoms with Crippen LogP contribution in [-0.2, 0) is 12.7 Å². The van der Waals surface area contributed by atoms with Gasteiger partial charge >= 0.3 is 6.18 Å². The Kier molecular flexibility index (Phi) is 5.71. The zero-order valence-corrected chi connectivity index (χ0v) is 13.7. The average Bonchev–Trinajstić information content (AvgIpc) is 2.54. The summed E-state index contributed by atoms with van der Waals surface area (Å²) in [6, 6.07) is 3.21. The van der Waals surface area contributed by atoms with Crippen LogP contribution in [0.2, 0.25) is 0 Å². The minimum atomic E-state index is -4.50. The molecule has 0 aliphatic heterocycles. The summed E-state index contributed by atoms with van der Waals surface area (Å²) in [5, 5.41) is 22.2. The van der Waals surface area contributed by atoms with Gasteiger partial charge in [0.15, 0.2) is 5.82 Å². The van der Waals surface area contributed by atoms with Crippen LogP contribution in [0.1, 0.15) is 25.2 Å². The molecule has 0 fully saturated rings. The van der Waals surface area contributed by atoms with Crippen molar-refractivity contribution < 1.29 is 23.4 Å². The summed E-state index contributed by atoms with van der Waals surface area (Å²) < 4.78 is 37.6. The van der Waals surface area contributed by atoms with Crippen molar-refractivity contribution in [2.75, 3.05) is 6.61 Å². The van der Waals surface area contributed by atoms with E-state index in [9.17, 15) is 23.4 Å². The van der Waals surface area contributed by atoms with Crippen molar-refractivity contribution in [3.8, 4) is 11.4 Å². The molecule has 0 radical (unpaired) electrons. The molecule has 6 nitrogen and oxygen atoms in total. The molecule has 136 valence electrons. The number of alkyl halides is 3. The van der Waals surface area contributed by atoms with Gasteiger partial charge in [0.1, 0.15) is 5.69 Å². The highest BCUT2D eigenvalue weighted by molar-refractivity contribution is 5.53. The molecular formula is C16H19F3N4O2.